The fourth-order valence-electron chi connectivity index (χ4n) is 3.53. The molecule has 1 amide bonds. The Morgan fingerprint density at radius 3 is 2.21 bits per heavy atom. The van der Waals surface area contributed by atoms with E-state index in [0.29, 0.717) is 17.8 Å². The normalized spacial score (nSPS) is 18.7. The van der Waals surface area contributed by atoms with Crippen LogP contribution in [0, 0.1) is 0 Å². The molecule has 3 aromatic carbocycles. The van der Waals surface area contributed by atoms with Crippen LogP contribution in [-0.2, 0) is 27.0 Å². The molecule has 6 nitrogen and oxygen atoms in total. The van der Waals surface area contributed by atoms with E-state index in [9.17, 15) is 18.3 Å². The molecule has 0 aliphatic carbocycles. The maximum absolute atomic E-state index is 13.4. The molecule has 1 aliphatic heterocycles. The van der Waals surface area contributed by atoms with E-state index in [1.807, 2.05) is 24.3 Å². The number of hydrogen-bond acceptors (Lipinski definition) is 4. The molecule has 0 radical (unpaired) electrons. The number of carbonyl (C=O) groups is 1. The molecule has 0 bridgehead atoms. The summed E-state index contributed by atoms with van der Waals surface area (Å²) in [5, 5.41) is 16.6. The largest absolute Gasteiger partial charge is 0.372 e. The molecule has 0 saturated heterocycles. The third-order valence-electron chi connectivity index (χ3n) is 4.99. The van der Waals surface area contributed by atoms with Gasteiger partial charge in [-0.1, -0.05) is 58.4 Å². The molecular weight excluding hydrogens is 456 g/mol. The van der Waals surface area contributed by atoms with Crippen LogP contribution in [0.5, 0.6) is 0 Å². The lowest BCUT2D eigenvalue weighted by molar-refractivity contribution is -0.132. The molecule has 148 valence electrons. The Balaban J connectivity index is 1.78. The highest BCUT2D eigenvalue weighted by atomic mass is 79.9. The van der Waals surface area contributed by atoms with Gasteiger partial charge in [-0.05, 0) is 41.5 Å². The van der Waals surface area contributed by atoms with Crippen molar-refractivity contribution in [2.45, 2.75) is 17.0 Å². The zero-order valence-corrected chi connectivity index (χ0v) is 17.5. The average Bonchev–Trinajstić information content (AvgIpc) is 2.92. The Morgan fingerprint density at radius 1 is 0.966 bits per heavy atom. The first-order valence-electron chi connectivity index (χ1n) is 8.73. The van der Waals surface area contributed by atoms with Gasteiger partial charge < -0.3 is 10.0 Å². The van der Waals surface area contributed by atoms with Crippen molar-refractivity contribution in [2.24, 2.45) is 5.14 Å². The number of aliphatic hydroxyl groups is 1. The number of halogens is 1. The monoisotopic (exact) mass is 472 g/mol. The summed E-state index contributed by atoms with van der Waals surface area (Å²) in [6.07, 6.45) is 0. The minimum Gasteiger partial charge on any atom is -0.372 e. The molecule has 0 saturated carbocycles. The molecule has 8 heteroatoms. The second-order valence-electron chi connectivity index (χ2n) is 6.81. The number of hydrogen-bond donors (Lipinski definition) is 2. The number of benzene rings is 3. The van der Waals surface area contributed by atoms with Crippen LogP contribution in [-0.4, -0.2) is 19.4 Å². The van der Waals surface area contributed by atoms with Crippen molar-refractivity contribution in [3.8, 4) is 0 Å². The Labute approximate surface area is 176 Å². The van der Waals surface area contributed by atoms with Gasteiger partial charge in [-0.2, -0.15) is 0 Å². The van der Waals surface area contributed by atoms with Gasteiger partial charge in [0.25, 0.3) is 5.91 Å². The molecule has 1 aliphatic rings. The number of carbonyl (C=O) groups excluding carboxylic acids is 1. The summed E-state index contributed by atoms with van der Waals surface area (Å²) >= 11 is 3.39. The minimum absolute atomic E-state index is 0.0877. The number of amides is 1. The van der Waals surface area contributed by atoms with Crippen molar-refractivity contribution >= 4 is 37.5 Å². The van der Waals surface area contributed by atoms with Gasteiger partial charge in [0.1, 0.15) is 0 Å². The van der Waals surface area contributed by atoms with Crippen LogP contribution in [0.3, 0.4) is 0 Å². The van der Waals surface area contributed by atoms with Gasteiger partial charge in [0.2, 0.25) is 10.0 Å². The number of sulfonamides is 1. The number of rotatable bonds is 4. The van der Waals surface area contributed by atoms with Crippen LogP contribution >= 0.6 is 15.9 Å². The summed E-state index contributed by atoms with van der Waals surface area (Å²) in [5.74, 6) is -0.495. The summed E-state index contributed by atoms with van der Waals surface area (Å²) in [6, 6.07) is 20.0. The highest BCUT2D eigenvalue weighted by Crippen LogP contribution is 2.45. The summed E-state index contributed by atoms with van der Waals surface area (Å²) in [4.78, 5) is 14.8. The molecule has 1 heterocycles. The van der Waals surface area contributed by atoms with E-state index in [2.05, 4.69) is 15.9 Å². The van der Waals surface area contributed by atoms with Gasteiger partial charge in [0.15, 0.2) is 5.60 Å². The molecule has 0 spiro atoms. The summed E-state index contributed by atoms with van der Waals surface area (Å²) in [7, 11) is -3.87. The molecule has 29 heavy (non-hydrogen) atoms. The van der Waals surface area contributed by atoms with Gasteiger partial charge in [-0.3, -0.25) is 4.79 Å². The average molecular weight is 473 g/mol. The van der Waals surface area contributed by atoms with E-state index in [-0.39, 0.29) is 10.5 Å². The zero-order chi connectivity index (χ0) is 20.8. The van der Waals surface area contributed by atoms with Crippen LogP contribution in [0.15, 0.2) is 82.2 Å². The van der Waals surface area contributed by atoms with E-state index in [4.69, 9.17) is 5.14 Å². The first-order valence-corrected chi connectivity index (χ1v) is 11.1. The highest BCUT2D eigenvalue weighted by molar-refractivity contribution is 9.10. The third kappa shape index (κ3) is 3.38. The maximum atomic E-state index is 13.4. The summed E-state index contributed by atoms with van der Waals surface area (Å²) < 4.78 is 24.0. The van der Waals surface area contributed by atoms with Crippen LogP contribution in [0.4, 0.5) is 5.69 Å². The second-order valence-corrected chi connectivity index (χ2v) is 9.29. The summed E-state index contributed by atoms with van der Waals surface area (Å²) in [5.41, 5.74) is 0.331. The first-order chi connectivity index (χ1) is 13.7. The SMILES string of the molecule is NS(=O)(=O)c1ccc(C2(O)C(=O)N(Cc3ccc(Br)cc3)c3ccccc32)cc1. The van der Waals surface area contributed by atoms with E-state index in [1.54, 1.807) is 24.3 Å². The van der Waals surface area contributed by atoms with E-state index in [0.717, 1.165) is 10.0 Å². The van der Waals surface area contributed by atoms with Gasteiger partial charge in [-0.25, -0.2) is 13.6 Å². The molecular formula is C21H17BrN2O4S. The van der Waals surface area contributed by atoms with Crippen LogP contribution in [0.1, 0.15) is 16.7 Å². The fourth-order valence-corrected chi connectivity index (χ4v) is 4.31. The molecule has 1 unspecified atom stereocenters. The number of fused-ring (bicyclic) bond motifs is 1. The Kier molecular flexibility index (Phi) is 4.82. The highest BCUT2D eigenvalue weighted by Gasteiger charge is 2.50. The molecule has 1 atom stereocenters. The van der Waals surface area contributed by atoms with Crippen LogP contribution in [0.2, 0.25) is 0 Å². The molecule has 3 N–H and O–H groups in total. The quantitative estimate of drug-likeness (QED) is 0.609. The molecule has 3 aromatic rings. The zero-order valence-electron chi connectivity index (χ0n) is 15.1. The molecule has 4 rings (SSSR count). The number of anilines is 1. The van der Waals surface area contributed by atoms with E-state index >= 15 is 0 Å². The second kappa shape index (κ2) is 7.07. The predicted octanol–water partition coefficient (Wildman–Crippen LogP) is 2.88. The number of para-hydroxylation sites is 1. The van der Waals surface area contributed by atoms with Crippen LogP contribution < -0.4 is 10.0 Å². The number of nitrogens with zero attached hydrogens (tertiary/aromatic N) is 1. The molecule has 0 aromatic heterocycles. The van der Waals surface area contributed by atoms with Crippen molar-refractivity contribution in [1.82, 2.24) is 0 Å². The molecule has 0 fully saturated rings. The van der Waals surface area contributed by atoms with E-state index < -0.39 is 21.5 Å². The van der Waals surface area contributed by atoms with Crippen molar-refractivity contribution in [1.29, 1.82) is 0 Å². The van der Waals surface area contributed by atoms with Gasteiger partial charge in [0, 0.05) is 10.0 Å². The lowest BCUT2D eigenvalue weighted by Crippen LogP contribution is -2.40. The first kappa shape index (κ1) is 19.8. The standard InChI is InChI=1S/C21H17BrN2O4S/c22-16-9-5-14(6-10-16)13-24-19-4-2-1-3-18(19)21(26,20(24)25)15-7-11-17(12-8-15)29(23,27)28/h1-12,26H,13H2,(H2,23,27,28). The van der Waals surface area contributed by atoms with Gasteiger partial charge >= 0.3 is 0 Å². The Morgan fingerprint density at radius 2 is 1.59 bits per heavy atom. The maximum Gasteiger partial charge on any atom is 0.268 e. The Hall–Kier alpha value is -2.52. The predicted molar refractivity (Wildman–Crippen MR) is 113 cm³/mol. The topological polar surface area (TPSA) is 101 Å². The van der Waals surface area contributed by atoms with Gasteiger partial charge in [0.05, 0.1) is 17.1 Å². The van der Waals surface area contributed by atoms with Gasteiger partial charge in [-0.15, -0.1) is 0 Å². The van der Waals surface area contributed by atoms with Crippen LogP contribution in [0.25, 0.3) is 0 Å². The fraction of sp³-hybridized carbons (Fsp3) is 0.0952. The minimum atomic E-state index is -3.87. The van der Waals surface area contributed by atoms with Crippen molar-refractivity contribution < 1.29 is 18.3 Å². The Bertz CT molecular complexity index is 1190. The van der Waals surface area contributed by atoms with Crippen molar-refractivity contribution in [2.75, 3.05) is 4.90 Å². The lowest BCUT2D eigenvalue weighted by atomic mass is 9.87. The van der Waals surface area contributed by atoms with E-state index in [1.165, 1.54) is 29.2 Å². The number of nitrogens with two attached hydrogens (primary N) is 1. The third-order valence-corrected chi connectivity index (χ3v) is 6.45. The van der Waals surface area contributed by atoms with Crippen molar-refractivity contribution in [3.05, 3.63) is 94.0 Å². The lowest BCUT2D eigenvalue weighted by Gasteiger charge is -2.24. The number of primary sulfonamides is 1. The summed E-state index contributed by atoms with van der Waals surface area (Å²) in [6.45, 7) is 0.292. The smallest absolute Gasteiger partial charge is 0.268 e. The van der Waals surface area contributed by atoms with Crippen molar-refractivity contribution in [3.63, 3.8) is 0 Å².